The monoisotopic (exact) mass is 165 g/mol. The molecule has 2 heteroatoms. The maximum Gasteiger partial charge on any atom is 0.0727 e. The first-order valence-corrected chi connectivity index (χ1v) is 6.99. The minimum absolute atomic E-state index is 0.452. The Morgan fingerprint density at radius 2 is 1.89 bits per heavy atom. The second kappa shape index (κ2) is 3.21. The molecule has 0 bridgehead atoms. The molecule has 0 N–H and O–H groups in total. The maximum atomic E-state index is 5.70. The SMILES string of the molecule is C[P+]1(CCCl)CCCC1. The van der Waals surface area contributed by atoms with Crippen molar-refractivity contribution in [3.8, 4) is 0 Å². The molecule has 9 heavy (non-hydrogen) atoms. The normalized spacial score (nSPS) is 24.7. The molecule has 54 valence electrons. The van der Waals surface area contributed by atoms with Crippen LogP contribution < -0.4 is 0 Å². The van der Waals surface area contributed by atoms with Crippen LogP contribution in [-0.4, -0.2) is 31.0 Å². The fourth-order valence-electron chi connectivity index (χ4n) is 1.53. The number of hydrogen-bond acceptors (Lipinski definition) is 0. The van der Waals surface area contributed by atoms with Crippen LogP contribution in [0, 0.1) is 0 Å². The van der Waals surface area contributed by atoms with Crippen molar-refractivity contribution in [2.45, 2.75) is 12.8 Å². The number of rotatable bonds is 2. The average molecular weight is 166 g/mol. The van der Waals surface area contributed by atoms with Crippen molar-refractivity contribution < 1.29 is 0 Å². The van der Waals surface area contributed by atoms with Crippen LogP contribution in [0.15, 0.2) is 0 Å². The summed E-state index contributed by atoms with van der Waals surface area (Å²) in [5.41, 5.74) is 0. The number of hydrogen-bond donors (Lipinski definition) is 0. The summed E-state index contributed by atoms with van der Waals surface area (Å²) in [6.07, 6.45) is 7.30. The lowest BCUT2D eigenvalue weighted by Gasteiger charge is -2.13. The Balaban J connectivity index is 2.32. The van der Waals surface area contributed by atoms with Gasteiger partial charge in [-0.05, 0) is 12.8 Å². The highest BCUT2D eigenvalue weighted by Crippen LogP contribution is 2.60. The van der Waals surface area contributed by atoms with Crippen LogP contribution in [-0.2, 0) is 0 Å². The van der Waals surface area contributed by atoms with Gasteiger partial charge in [0.2, 0.25) is 0 Å². The molecule has 1 rings (SSSR count). The second-order valence-corrected chi connectivity index (χ2v) is 8.15. The van der Waals surface area contributed by atoms with Gasteiger partial charge < -0.3 is 0 Å². The summed E-state index contributed by atoms with van der Waals surface area (Å²) >= 11 is 5.70. The molecular formula is C7H15ClP+. The maximum absolute atomic E-state index is 5.70. The molecule has 0 nitrogen and oxygen atoms in total. The summed E-state index contributed by atoms with van der Waals surface area (Å²) in [5.74, 6) is 0.893. The van der Waals surface area contributed by atoms with Crippen LogP contribution in [0.1, 0.15) is 12.8 Å². The fourth-order valence-corrected chi connectivity index (χ4v) is 5.80. The quantitative estimate of drug-likeness (QED) is 0.436. The van der Waals surface area contributed by atoms with E-state index in [0.29, 0.717) is 0 Å². The van der Waals surface area contributed by atoms with Crippen molar-refractivity contribution in [2.75, 3.05) is 31.0 Å². The topological polar surface area (TPSA) is 0 Å². The largest absolute Gasteiger partial charge is 0.123 e. The van der Waals surface area contributed by atoms with Crippen molar-refractivity contribution in [1.29, 1.82) is 0 Å². The van der Waals surface area contributed by atoms with E-state index in [4.69, 9.17) is 11.6 Å². The van der Waals surface area contributed by atoms with Gasteiger partial charge in [0.15, 0.2) is 0 Å². The van der Waals surface area contributed by atoms with E-state index in [1.807, 2.05) is 0 Å². The van der Waals surface area contributed by atoms with Crippen LogP contribution >= 0.6 is 18.9 Å². The van der Waals surface area contributed by atoms with Crippen molar-refractivity contribution in [3.63, 3.8) is 0 Å². The molecular weight excluding hydrogens is 151 g/mol. The van der Waals surface area contributed by atoms with E-state index in [-0.39, 0.29) is 0 Å². The highest BCUT2D eigenvalue weighted by Gasteiger charge is 2.34. The summed E-state index contributed by atoms with van der Waals surface area (Å²) < 4.78 is 0. The Morgan fingerprint density at radius 3 is 2.33 bits per heavy atom. The summed E-state index contributed by atoms with van der Waals surface area (Å²) in [5, 5.41) is 0. The molecule has 0 atom stereocenters. The third-order valence-electron chi connectivity index (χ3n) is 2.27. The first-order chi connectivity index (χ1) is 4.27. The van der Waals surface area contributed by atoms with Crippen molar-refractivity contribution in [1.82, 2.24) is 0 Å². The van der Waals surface area contributed by atoms with Gasteiger partial charge in [-0.25, -0.2) is 0 Å². The fraction of sp³-hybridized carbons (Fsp3) is 1.00. The summed E-state index contributed by atoms with van der Waals surface area (Å²) in [6, 6.07) is 0. The number of halogens is 1. The predicted octanol–water partition coefficient (Wildman–Crippen LogP) is 2.67. The highest BCUT2D eigenvalue weighted by atomic mass is 35.5. The third kappa shape index (κ3) is 2.09. The predicted molar refractivity (Wildman–Crippen MR) is 47.4 cm³/mol. The van der Waals surface area contributed by atoms with Crippen LogP contribution in [0.5, 0.6) is 0 Å². The van der Waals surface area contributed by atoms with Gasteiger partial charge in [0.05, 0.1) is 24.4 Å². The molecule has 0 saturated carbocycles. The van der Waals surface area contributed by atoms with Crippen molar-refractivity contribution >= 4 is 18.9 Å². The molecule has 0 aromatic rings. The van der Waals surface area contributed by atoms with Crippen molar-refractivity contribution in [2.24, 2.45) is 0 Å². The smallest absolute Gasteiger partial charge is 0.0727 e. The van der Waals surface area contributed by atoms with E-state index in [9.17, 15) is 0 Å². The Hall–Kier alpha value is 0.720. The third-order valence-corrected chi connectivity index (χ3v) is 6.82. The molecule has 0 amide bonds. The standard InChI is InChI=1S/C7H15ClP/c1-9(7-4-8)5-2-3-6-9/h2-7H2,1H3/q+1. The first-order valence-electron chi connectivity index (χ1n) is 3.66. The summed E-state index contributed by atoms with van der Waals surface area (Å²) in [6.45, 7) is 2.47. The van der Waals surface area contributed by atoms with Crippen molar-refractivity contribution in [3.05, 3.63) is 0 Å². The van der Waals surface area contributed by atoms with Gasteiger partial charge in [-0.1, -0.05) is 0 Å². The lowest BCUT2D eigenvalue weighted by Crippen LogP contribution is -1.99. The molecule has 0 spiro atoms. The Labute approximate surface area is 63.3 Å². The van der Waals surface area contributed by atoms with Gasteiger partial charge in [-0.2, -0.15) is 0 Å². The van der Waals surface area contributed by atoms with E-state index in [1.54, 1.807) is 0 Å². The summed E-state index contributed by atoms with van der Waals surface area (Å²) in [7, 11) is -0.452. The zero-order chi connectivity index (χ0) is 6.74. The molecule has 1 aliphatic rings. The lowest BCUT2D eigenvalue weighted by molar-refractivity contribution is 0.949. The molecule has 0 aromatic heterocycles. The average Bonchev–Trinajstić information content (AvgIpc) is 2.16. The molecule has 0 radical (unpaired) electrons. The minimum atomic E-state index is -0.452. The Bertz CT molecular complexity index is 86.9. The van der Waals surface area contributed by atoms with Crippen LogP contribution in [0.25, 0.3) is 0 Å². The molecule has 0 aliphatic carbocycles. The van der Waals surface area contributed by atoms with Gasteiger partial charge in [0.1, 0.15) is 0 Å². The molecule has 0 aromatic carbocycles. The molecule has 0 unspecified atom stereocenters. The van der Waals surface area contributed by atoms with Gasteiger partial charge in [-0.15, -0.1) is 11.6 Å². The minimum Gasteiger partial charge on any atom is -0.123 e. The molecule has 1 heterocycles. The van der Waals surface area contributed by atoms with Crippen LogP contribution in [0.2, 0.25) is 0 Å². The first kappa shape index (κ1) is 7.82. The lowest BCUT2D eigenvalue weighted by atomic mass is 10.4. The molecule has 1 aliphatic heterocycles. The Morgan fingerprint density at radius 1 is 1.33 bits per heavy atom. The summed E-state index contributed by atoms with van der Waals surface area (Å²) in [4.78, 5) is 0. The highest BCUT2D eigenvalue weighted by molar-refractivity contribution is 7.75. The van der Waals surface area contributed by atoms with E-state index >= 15 is 0 Å². The molecule has 1 fully saturated rings. The Kier molecular flexibility index (Phi) is 2.79. The number of alkyl halides is 1. The van der Waals surface area contributed by atoms with Gasteiger partial charge in [0.25, 0.3) is 0 Å². The van der Waals surface area contributed by atoms with E-state index in [1.165, 1.54) is 31.3 Å². The second-order valence-electron chi connectivity index (χ2n) is 3.19. The van der Waals surface area contributed by atoms with E-state index in [0.717, 1.165) is 5.88 Å². The van der Waals surface area contributed by atoms with Crippen LogP contribution in [0.3, 0.4) is 0 Å². The van der Waals surface area contributed by atoms with Crippen LogP contribution in [0.4, 0.5) is 0 Å². The zero-order valence-electron chi connectivity index (χ0n) is 6.07. The van der Waals surface area contributed by atoms with Gasteiger partial charge in [0, 0.05) is 13.9 Å². The molecule has 1 saturated heterocycles. The van der Waals surface area contributed by atoms with E-state index < -0.39 is 7.26 Å². The van der Waals surface area contributed by atoms with Gasteiger partial charge in [-0.3, -0.25) is 0 Å². The van der Waals surface area contributed by atoms with E-state index in [2.05, 4.69) is 6.66 Å². The van der Waals surface area contributed by atoms with Gasteiger partial charge >= 0.3 is 0 Å². The zero-order valence-corrected chi connectivity index (χ0v) is 7.72.